The molecule has 0 spiro atoms. The molecule has 0 saturated carbocycles. The lowest BCUT2D eigenvalue weighted by molar-refractivity contribution is -0.118. The number of hydrogen-bond acceptors (Lipinski definition) is 4. The van der Waals surface area contributed by atoms with Gasteiger partial charge >= 0.3 is 0 Å². The summed E-state index contributed by atoms with van der Waals surface area (Å²) in [5.41, 5.74) is 2.47. The van der Waals surface area contributed by atoms with E-state index in [-0.39, 0.29) is 23.2 Å². The van der Waals surface area contributed by atoms with E-state index in [4.69, 9.17) is 16.3 Å². The molecule has 0 atom stereocenters. The molecule has 5 nitrogen and oxygen atoms in total. The summed E-state index contributed by atoms with van der Waals surface area (Å²) in [5, 5.41) is 3.07. The highest BCUT2D eigenvalue weighted by atomic mass is 35.5. The summed E-state index contributed by atoms with van der Waals surface area (Å²) in [6, 6.07) is 21.2. The fraction of sp³-hybridized carbons (Fsp3) is 0.136. The predicted molar refractivity (Wildman–Crippen MR) is 115 cm³/mol. The fourth-order valence-corrected chi connectivity index (χ4v) is 3.80. The highest BCUT2D eigenvalue weighted by Gasteiger charge is 2.12. The van der Waals surface area contributed by atoms with Gasteiger partial charge in [-0.05, 0) is 47.5 Å². The third-order valence-electron chi connectivity index (χ3n) is 4.27. The smallest absolute Gasteiger partial charge is 0.262 e. The van der Waals surface area contributed by atoms with Crippen LogP contribution in [-0.4, -0.2) is 26.7 Å². The molecule has 0 unspecified atom stereocenters. The Morgan fingerprint density at radius 1 is 0.966 bits per heavy atom. The number of nitrogens with one attached hydrogen (secondary N) is 1. The molecule has 0 radical (unpaired) electrons. The Balaban J connectivity index is 1.59. The van der Waals surface area contributed by atoms with E-state index in [1.807, 2.05) is 36.4 Å². The molecule has 0 bridgehead atoms. The molecule has 1 N–H and O–H groups in total. The van der Waals surface area contributed by atoms with Gasteiger partial charge in [0, 0.05) is 5.69 Å². The van der Waals surface area contributed by atoms with Crippen LogP contribution < -0.4 is 10.1 Å². The molecule has 0 saturated heterocycles. The Morgan fingerprint density at radius 2 is 1.66 bits per heavy atom. The largest absolute Gasteiger partial charge is 0.482 e. The highest BCUT2D eigenvalue weighted by Crippen LogP contribution is 2.30. The van der Waals surface area contributed by atoms with Crippen molar-refractivity contribution in [3.63, 3.8) is 0 Å². The maximum atomic E-state index is 12.1. The van der Waals surface area contributed by atoms with Crippen molar-refractivity contribution in [2.75, 3.05) is 17.7 Å². The summed E-state index contributed by atoms with van der Waals surface area (Å²) in [6.45, 7) is 1.36. The molecule has 1 amide bonds. The Labute approximate surface area is 175 Å². The van der Waals surface area contributed by atoms with Crippen LogP contribution in [0, 0.1) is 0 Å². The quantitative estimate of drug-likeness (QED) is 0.584. The Hall–Kier alpha value is -2.83. The SMILES string of the molecule is CCS(=O)(=O)c1ccc(NC(=O)COc2ccc(-c3ccccc3)cc2Cl)cc1. The second-order valence-electron chi connectivity index (χ2n) is 6.28. The zero-order chi connectivity index (χ0) is 20.9. The molecule has 7 heteroatoms. The zero-order valence-electron chi connectivity index (χ0n) is 15.8. The molecule has 0 aliphatic carbocycles. The average Bonchev–Trinajstić information content (AvgIpc) is 2.74. The van der Waals surface area contributed by atoms with Gasteiger partial charge in [-0.15, -0.1) is 0 Å². The van der Waals surface area contributed by atoms with Crippen LogP contribution in [-0.2, 0) is 14.6 Å². The average molecular weight is 430 g/mol. The first kappa shape index (κ1) is 20.9. The van der Waals surface area contributed by atoms with E-state index in [2.05, 4.69) is 5.32 Å². The van der Waals surface area contributed by atoms with Crippen LogP contribution in [0.5, 0.6) is 5.75 Å². The minimum absolute atomic E-state index is 0.0242. The molecule has 0 heterocycles. The Kier molecular flexibility index (Phi) is 6.56. The molecule has 0 aliphatic rings. The van der Waals surface area contributed by atoms with Crippen LogP contribution in [0.3, 0.4) is 0 Å². The minimum atomic E-state index is -3.27. The number of carbonyl (C=O) groups excluding carboxylic acids is 1. The van der Waals surface area contributed by atoms with Gasteiger partial charge in [0.2, 0.25) is 0 Å². The van der Waals surface area contributed by atoms with Crippen molar-refractivity contribution >= 4 is 33.0 Å². The molecule has 29 heavy (non-hydrogen) atoms. The van der Waals surface area contributed by atoms with Crippen molar-refractivity contribution in [1.29, 1.82) is 0 Å². The van der Waals surface area contributed by atoms with E-state index in [0.29, 0.717) is 16.5 Å². The number of amides is 1. The number of anilines is 1. The first-order valence-electron chi connectivity index (χ1n) is 8.99. The highest BCUT2D eigenvalue weighted by molar-refractivity contribution is 7.91. The van der Waals surface area contributed by atoms with Crippen LogP contribution in [0.25, 0.3) is 11.1 Å². The Bertz CT molecular complexity index is 1100. The second-order valence-corrected chi connectivity index (χ2v) is 8.96. The maximum absolute atomic E-state index is 12.1. The van der Waals surface area contributed by atoms with E-state index < -0.39 is 9.84 Å². The van der Waals surface area contributed by atoms with Crippen LogP contribution in [0.2, 0.25) is 5.02 Å². The standard InChI is InChI=1S/C22H20ClNO4S/c1-2-29(26,27)19-11-9-18(10-12-19)24-22(25)15-28-21-13-8-17(14-20(21)23)16-6-4-3-5-7-16/h3-14H,2,15H2,1H3,(H,24,25). The molecule has 0 aromatic heterocycles. The molecular weight excluding hydrogens is 410 g/mol. The van der Waals surface area contributed by atoms with Gasteiger partial charge in [-0.2, -0.15) is 0 Å². The van der Waals surface area contributed by atoms with E-state index in [9.17, 15) is 13.2 Å². The maximum Gasteiger partial charge on any atom is 0.262 e. The van der Waals surface area contributed by atoms with Crippen molar-refractivity contribution in [2.24, 2.45) is 0 Å². The number of rotatable bonds is 7. The summed E-state index contributed by atoms with van der Waals surface area (Å²) in [5.74, 6) is 0.0568. The van der Waals surface area contributed by atoms with Gasteiger partial charge in [-0.1, -0.05) is 54.9 Å². The Morgan fingerprint density at radius 3 is 2.28 bits per heavy atom. The van der Waals surface area contributed by atoms with E-state index in [1.165, 1.54) is 12.1 Å². The fourth-order valence-electron chi connectivity index (χ4n) is 2.68. The molecule has 150 valence electrons. The minimum Gasteiger partial charge on any atom is -0.482 e. The van der Waals surface area contributed by atoms with Crippen molar-refractivity contribution in [1.82, 2.24) is 0 Å². The summed E-state index contributed by atoms with van der Waals surface area (Å²) in [4.78, 5) is 12.3. The van der Waals surface area contributed by atoms with Gasteiger partial charge in [0.25, 0.3) is 5.91 Å². The number of sulfone groups is 1. The van der Waals surface area contributed by atoms with Gasteiger partial charge < -0.3 is 10.1 Å². The van der Waals surface area contributed by atoms with E-state index in [0.717, 1.165) is 11.1 Å². The van der Waals surface area contributed by atoms with Gasteiger partial charge in [0.1, 0.15) is 5.75 Å². The van der Waals surface area contributed by atoms with Gasteiger partial charge in [-0.3, -0.25) is 4.79 Å². The molecular formula is C22H20ClNO4S. The summed E-state index contributed by atoms with van der Waals surface area (Å²) < 4.78 is 29.2. The van der Waals surface area contributed by atoms with Crippen molar-refractivity contribution < 1.29 is 17.9 Å². The molecule has 3 rings (SSSR count). The number of ether oxygens (including phenoxy) is 1. The lowest BCUT2D eigenvalue weighted by Gasteiger charge is -2.10. The molecule has 0 aliphatic heterocycles. The number of benzene rings is 3. The predicted octanol–water partition coefficient (Wildman–Crippen LogP) is 4.82. The molecule has 3 aromatic rings. The van der Waals surface area contributed by atoms with Gasteiger partial charge in [0.05, 0.1) is 15.7 Å². The molecule has 3 aromatic carbocycles. The van der Waals surface area contributed by atoms with Crippen LogP contribution >= 0.6 is 11.6 Å². The van der Waals surface area contributed by atoms with E-state index >= 15 is 0 Å². The third kappa shape index (κ3) is 5.37. The van der Waals surface area contributed by atoms with E-state index in [1.54, 1.807) is 31.2 Å². The lowest BCUT2D eigenvalue weighted by atomic mass is 10.1. The van der Waals surface area contributed by atoms with Gasteiger partial charge in [0.15, 0.2) is 16.4 Å². The first-order chi connectivity index (χ1) is 13.9. The van der Waals surface area contributed by atoms with Crippen LogP contribution in [0.4, 0.5) is 5.69 Å². The lowest BCUT2D eigenvalue weighted by Crippen LogP contribution is -2.20. The van der Waals surface area contributed by atoms with Gasteiger partial charge in [-0.25, -0.2) is 8.42 Å². The van der Waals surface area contributed by atoms with Crippen molar-refractivity contribution in [3.05, 3.63) is 77.8 Å². The molecule has 0 fully saturated rings. The zero-order valence-corrected chi connectivity index (χ0v) is 17.3. The monoisotopic (exact) mass is 429 g/mol. The normalized spacial score (nSPS) is 11.1. The first-order valence-corrected chi connectivity index (χ1v) is 11.0. The van der Waals surface area contributed by atoms with Crippen LogP contribution in [0.15, 0.2) is 77.7 Å². The topological polar surface area (TPSA) is 72.5 Å². The number of carbonyl (C=O) groups is 1. The summed E-state index contributed by atoms with van der Waals surface area (Å²) in [7, 11) is -3.27. The van der Waals surface area contributed by atoms with Crippen LogP contribution in [0.1, 0.15) is 6.92 Å². The van der Waals surface area contributed by atoms with Crippen molar-refractivity contribution in [2.45, 2.75) is 11.8 Å². The summed E-state index contributed by atoms with van der Waals surface area (Å²) >= 11 is 6.28. The number of hydrogen-bond donors (Lipinski definition) is 1. The number of halogens is 1. The summed E-state index contributed by atoms with van der Waals surface area (Å²) in [6.07, 6.45) is 0. The third-order valence-corrected chi connectivity index (χ3v) is 6.32. The second kappa shape index (κ2) is 9.11. The van der Waals surface area contributed by atoms with Crippen molar-refractivity contribution in [3.8, 4) is 16.9 Å².